The monoisotopic (exact) mass is 328 g/mol. The van der Waals surface area contributed by atoms with Crippen LogP contribution in [0.15, 0.2) is 47.1 Å². The molecule has 24 heavy (non-hydrogen) atoms. The molecule has 0 saturated heterocycles. The Bertz CT molecular complexity index is 705. The number of aliphatic hydroxyl groups is 1. The molecule has 1 aromatic heterocycles. The van der Waals surface area contributed by atoms with Gasteiger partial charge in [-0.3, -0.25) is 9.59 Å². The SMILES string of the molecule is CN(CC(O)C1CC1)C(=O)c1ccc(NC(=O)c2ccco2)cc1. The summed E-state index contributed by atoms with van der Waals surface area (Å²) in [7, 11) is 1.68. The molecule has 2 N–H and O–H groups in total. The van der Waals surface area contributed by atoms with E-state index in [0.717, 1.165) is 12.8 Å². The summed E-state index contributed by atoms with van der Waals surface area (Å²) in [5, 5.41) is 12.6. The van der Waals surface area contributed by atoms with E-state index in [1.54, 1.807) is 43.4 Å². The number of nitrogens with one attached hydrogen (secondary N) is 1. The third-order valence-electron chi connectivity index (χ3n) is 4.11. The molecule has 3 rings (SSSR count). The van der Waals surface area contributed by atoms with Crippen molar-refractivity contribution >= 4 is 17.5 Å². The van der Waals surface area contributed by atoms with Gasteiger partial charge in [0.05, 0.1) is 12.4 Å². The lowest BCUT2D eigenvalue weighted by atomic mass is 10.1. The average molecular weight is 328 g/mol. The molecule has 1 fully saturated rings. The number of furan rings is 1. The van der Waals surface area contributed by atoms with E-state index in [1.165, 1.54) is 11.2 Å². The van der Waals surface area contributed by atoms with Crippen LogP contribution >= 0.6 is 0 Å². The van der Waals surface area contributed by atoms with Crippen LogP contribution in [0.4, 0.5) is 5.69 Å². The summed E-state index contributed by atoms with van der Waals surface area (Å²) in [4.78, 5) is 25.8. The first kappa shape index (κ1) is 16.3. The zero-order valence-corrected chi connectivity index (χ0v) is 13.4. The lowest BCUT2D eigenvalue weighted by Crippen LogP contribution is -2.35. The Labute approximate surface area is 140 Å². The Balaban J connectivity index is 1.58. The van der Waals surface area contributed by atoms with Gasteiger partial charge >= 0.3 is 0 Å². The van der Waals surface area contributed by atoms with Crippen molar-refractivity contribution in [1.82, 2.24) is 4.90 Å². The molecule has 2 aromatic rings. The molecule has 1 saturated carbocycles. The van der Waals surface area contributed by atoms with Gasteiger partial charge in [0.2, 0.25) is 0 Å². The number of aliphatic hydroxyl groups excluding tert-OH is 1. The maximum atomic E-state index is 12.4. The van der Waals surface area contributed by atoms with Gasteiger partial charge in [-0.15, -0.1) is 0 Å². The van der Waals surface area contributed by atoms with E-state index < -0.39 is 6.10 Å². The van der Waals surface area contributed by atoms with Crippen LogP contribution < -0.4 is 5.32 Å². The van der Waals surface area contributed by atoms with Crippen molar-refractivity contribution in [3.63, 3.8) is 0 Å². The van der Waals surface area contributed by atoms with E-state index in [4.69, 9.17) is 4.42 Å². The topological polar surface area (TPSA) is 82.8 Å². The molecule has 2 amide bonds. The Kier molecular flexibility index (Phi) is 4.66. The standard InChI is InChI=1S/C18H20N2O4/c1-20(11-15(21)12-4-5-12)18(23)13-6-8-14(9-7-13)19-17(22)16-3-2-10-24-16/h2-3,6-10,12,15,21H,4-5,11H2,1H3,(H,19,22). The second-order valence-corrected chi connectivity index (χ2v) is 6.10. The van der Waals surface area contributed by atoms with Gasteiger partial charge < -0.3 is 19.7 Å². The van der Waals surface area contributed by atoms with Gasteiger partial charge in [-0.05, 0) is 55.2 Å². The van der Waals surface area contributed by atoms with Gasteiger partial charge in [0.25, 0.3) is 11.8 Å². The number of likely N-dealkylation sites (N-methyl/N-ethyl adjacent to an activating group) is 1. The molecule has 0 radical (unpaired) electrons. The van der Waals surface area contributed by atoms with Gasteiger partial charge in [0.1, 0.15) is 0 Å². The van der Waals surface area contributed by atoms with Crippen LogP contribution in [0.25, 0.3) is 0 Å². The van der Waals surface area contributed by atoms with Crippen LogP contribution in [-0.4, -0.2) is 41.5 Å². The fraction of sp³-hybridized carbons (Fsp3) is 0.333. The summed E-state index contributed by atoms with van der Waals surface area (Å²) in [6.07, 6.45) is 3.05. The summed E-state index contributed by atoms with van der Waals surface area (Å²) in [6.45, 7) is 0.334. The second kappa shape index (κ2) is 6.88. The van der Waals surface area contributed by atoms with Crippen molar-refractivity contribution < 1.29 is 19.1 Å². The third-order valence-corrected chi connectivity index (χ3v) is 4.11. The Hall–Kier alpha value is -2.60. The van der Waals surface area contributed by atoms with Crippen molar-refractivity contribution in [3.8, 4) is 0 Å². The number of rotatable bonds is 6. The van der Waals surface area contributed by atoms with Gasteiger partial charge in [-0.1, -0.05) is 0 Å². The first-order chi connectivity index (χ1) is 11.5. The molecule has 6 nitrogen and oxygen atoms in total. The highest BCUT2D eigenvalue weighted by Gasteiger charge is 2.31. The van der Waals surface area contributed by atoms with Gasteiger partial charge in [-0.25, -0.2) is 0 Å². The minimum atomic E-state index is -0.453. The summed E-state index contributed by atoms with van der Waals surface area (Å²) in [5.74, 6) is 0.0609. The molecule has 1 unspecified atom stereocenters. The Morgan fingerprint density at radius 3 is 2.58 bits per heavy atom. The molecule has 1 atom stereocenters. The molecule has 0 aliphatic heterocycles. The molecule has 1 aliphatic carbocycles. The molecule has 6 heteroatoms. The largest absolute Gasteiger partial charge is 0.459 e. The number of carbonyl (C=O) groups excluding carboxylic acids is 2. The smallest absolute Gasteiger partial charge is 0.291 e. The average Bonchev–Trinajstić information content (AvgIpc) is 3.29. The molecular formula is C18H20N2O4. The van der Waals surface area contributed by atoms with Crippen LogP contribution in [0.2, 0.25) is 0 Å². The van der Waals surface area contributed by atoms with Crippen molar-refractivity contribution in [3.05, 3.63) is 54.0 Å². The first-order valence-electron chi connectivity index (χ1n) is 7.93. The number of nitrogens with zero attached hydrogens (tertiary/aromatic N) is 1. The minimum absolute atomic E-state index is 0.154. The van der Waals surface area contributed by atoms with Crippen LogP contribution in [0, 0.1) is 5.92 Å². The van der Waals surface area contributed by atoms with Gasteiger partial charge in [0, 0.05) is 24.8 Å². The number of amides is 2. The quantitative estimate of drug-likeness (QED) is 0.853. The maximum absolute atomic E-state index is 12.4. The van der Waals surface area contributed by atoms with E-state index in [0.29, 0.717) is 23.7 Å². The van der Waals surface area contributed by atoms with Gasteiger partial charge in [-0.2, -0.15) is 0 Å². The maximum Gasteiger partial charge on any atom is 0.291 e. The number of hydrogen-bond donors (Lipinski definition) is 2. The zero-order chi connectivity index (χ0) is 17.1. The normalized spacial score (nSPS) is 14.9. The highest BCUT2D eigenvalue weighted by molar-refractivity contribution is 6.02. The molecule has 0 bridgehead atoms. The highest BCUT2D eigenvalue weighted by atomic mass is 16.3. The van der Waals surface area contributed by atoms with E-state index >= 15 is 0 Å². The van der Waals surface area contributed by atoms with Crippen molar-refractivity contribution in [2.45, 2.75) is 18.9 Å². The van der Waals surface area contributed by atoms with Crippen LogP contribution in [0.1, 0.15) is 33.8 Å². The molecule has 126 valence electrons. The predicted octanol–water partition coefficient (Wildman–Crippen LogP) is 2.37. The summed E-state index contributed by atoms with van der Waals surface area (Å²) < 4.78 is 5.03. The highest BCUT2D eigenvalue weighted by Crippen LogP contribution is 2.32. The van der Waals surface area contributed by atoms with E-state index in [2.05, 4.69) is 5.32 Å². The Morgan fingerprint density at radius 2 is 2.00 bits per heavy atom. The van der Waals surface area contributed by atoms with Crippen LogP contribution in [-0.2, 0) is 0 Å². The molecule has 0 spiro atoms. The van der Waals surface area contributed by atoms with Gasteiger partial charge in [0.15, 0.2) is 5.76 Å². The molecule has 1 aliphatic rings. The van der Waals surface area contributed by atoms with E-state index in [1.807, 2.05) is 0 Å². The van der Waals surface area contributed by atoms with E-state index in [-0.39, 0.29) is 17.6 Å². The summed E-state index contributed by atoms with van der Waals surface area (Å²) in [5.41, 5.74) is 1.09. The minimum Gasteiger partial charge on any atom is -0.459 e. The predicted molar refractivity (Wildman–Crippen MR) is 88.8 cm³/mol. The van der Waals surface area contributed by atoms with Crippen molar-refractivity contribution in [1.29, 1.82) is 0 Å². The number of carbonyl (C=O) groups is 2. The second-order valence-electron chi connectivity index (χ2n) is 6.10. The fourth-order valence-corrected chi connectivity index (χ4v) is 2.51. The van der Waals surface area contributed by atoms with E-state index in [9.17, 15) is 14.7 Å². The number of hydrogen-bond acceptors (Lipinski definition) is 4. The number of benzene rings is 1. The van der Waals surface area contributed by atoms with Crippen molar-refractivity contribution in [2.75, 3.05) is 18.9 Å². The molecule has 1 aromatic carbocycles. The molecule has 1 heterocycles. The Morgan fingerprint density at radius 1 is 1.29 bits per heavy atom. The zero-order valence-electron chi connectivity index (χ0n) is 13.4. The summed E-state index contributed by atoms with van der Waals surface area (Å²) >= 11 is 0. The van der Waals surface area contributed by atoms with Crippen LogP contribution in [0.3, 0.4) is 0 Å². The van der Waals surface area contributed by atoms with Crippen molar-refractivity contribution in [2.24, 2.45) is 5.92 Å². The summed E-state index contributed by atoms with van der Waals surface area (Å²) in [6, 6.07) is 9.86. The lowest BCUT2D eigenvalue weighted by molar-refractivity contribution is 0.0645. The fourth-order valence-electron chi connectivity index (χ4n) is 2.51. The first-order valence-corrected chi connectivity index (χ1v) is 7.93. The lowest BCUT2D eigenvalue weighted by Gasteiger charge is -2.21. The molecular weight excluding hydrogens is 308 g/mol. The third kappa shape index (κ3) is 3.83. The number of anilines is 1. The van der Waals surface area contributed by atoms with Crippen LogP contribution in [0.5, 0.6) is 0 Å².